The molecule has 0 aliphatic rings. The standard InChI is InChI=1S/C11H13ClFNO2/c1-6-4-7(8(12)5-9(6)13)10(14)2-3-11(15)16/h4-5,10H,2-3,14H2,1H3,(H,15,16). The van der Waals surface area contributed by atoms with E-state index in [9.17, 15) is 9.18 Å². The van der Waals surface area contributed by atoms with Crippen molar-refractivity contribution >= 4 is 17.6 Å². The summed E-state index contributed by atoms with van der Waals surface area (Å²) in [6.07, 6.45) is 0.244. The first-order valence-electron chi connectivity index (χ1n) is 4.84. The predicted octanol–water partition coefficient (Wildman–Crippen LogP) is 2.65. The Balaban J connectivity index is 2.86. The lowest BCUT2D eigenvalue weighted by atomic mass is 10.0. The summed E-state index contributed by atoms with van der Waals surface area (Å²) in [5.74, 6) is -1.30. The van der Waals surface area contributed by atoms with Crippen LogP contribution >= 0.6 is 11.6 Å². The predicted molar refractivity (Wildman–Crippen MR) is 59.9 cm³/mol. The summed E-state index contributed by atoms with van der Waals surface area (Å²) in [6, 6.07) is 2.28. The third-order valence-corrected chi connectivity index (χ3v) is 2.67. The molecule has 3 nitrogen and oxygen atoms in total. The molecule has 0 aromatic heterocycles. The van der Waals surface area contributed by atoms with Crippen molar-refractivity contribution in [3.63, 3.8) is 0 Å². The average Bonchev–Trinajstić information content (AvgIpc) is 2.20. The van der Waals surface area contributed by atoms with Crippen molar-refractivity contribution in [2.24, 2.45) is 5.73 Å². The highest BCUT2D eigenvalue weighted by Gasteiger charge is 2.14. The van der Waals surface area contributed by atoms with Crippen LogP contribution in [0.3, 0.4) is 0 Å². The Morgan fingerprint density at radius 3 is 2.81 bits per heavy atom. The summed E-state index contributed by atoms with van der Waals surface area (Å²) in [4.78, 5) is 10.4. The fourth-order valence-corrected chi connectivity index (χ4v) is 1.69. The molecule has 0 aliphatic carbocycles. The van der Waals surface area contributed by atoms with Crippen molar-refractivity contribution in [2.45, 2.75) is 25.8 Å². The van der Waals surface area contributed by atoms with Crippen molar-refractivity contribution in [3.05, 3.63) is 34.1 Å². The molecule has 5 heteroatoms. The zero-order valence-electron chi connectivity index (χ0n) is 8.84. The fourth-order valence-electron chi connectivity index (χ4n) is 1.40. The summed E-state index contributed by atoms with van der Waals surface area (Å²) in [5, 5.41) is 8.77. The van der Waals surface area contributed by atoms with Gasteiger partial charge in [0.25, 0.3) is 0 Å². The van der Waals surface area contributed by atoms with Gasteiger partial charge in [-0.05, 0) is 30.5 Å². The molecule has 0 aliphatic heterocycles. The van der Waals surface area contributed by atoms with Crippen molar-refractivity contribution in [3.8, 4) is 0 Å². The molecule has 0 fully saturated rings. The van der Waals surface area contributed by atoms with Gasteiger partial charge in [-0.2, -0.15) is 0 Å². The maximum atomic E-state index is 13.1. The van der Waals surface area contributed by atoms with Crippen LogP contribution in [0.4, 0.5) is 4.39 Å². The Labute approximate surface area is 98.0 Å². The Kier molecular flexibility index (Phi) is 4.26. The van der Waals surface area contributed by atoms with E-state index in [2.05, 4.69) is 0 Å². The second-order valence-corrected chi connectivity index (χ2v) is 4.07. The first-order valence-corrected chi connectivity index (χ1v) is 5.22. The first-order chi connectivity index (χ1) is 7.41. The molecule has 0 saturated carbocycles. The van der Waals surface area contributed by atoms with E-state index >= 15 is 0 Å². The minimum atomic E-state index is -0.912. The van der Waals surface area contributed by atoms with Crippen LogP contribution in [0.5, 0.6) is 0 Å². The molecular formula is C11H13ClFNO2. The SMILES string of the molecule is Cc1cc(C(N)CCC(=O)O)c(Cl)cc1F. The summed E-state index contributed by atoms with van der Waals surface area (Å²) in [7, 11) is 0. The second-order valence-electron chi connectivity index (χ2n) is 3.66. The van der Waals surface area contributed by atoms with Gasteiger partial charge >= 0.3 is 5.97 Å². The van der Waals surface area contributed by atoms with Crippen molar-refractivity contribution < 1.29 is 14.3 Å². The van der Waals surface area contributed by atoms with Crippen LogP contribution in [-0.4, -0.2) is 11.1 Å². The molecule has 1 atom stereocenters. The summed E-state index contributed by atoms with van der Waals surface area (Å²) in [5.41, 5.74) is 6.83. The normalized spacial score (nSPS) is 12.5. The van der Waals surface area contributed by atoms with Crippen molar-refractivity contribution in [1.29, 1.82) is 0 Å². The lowest BCUT2D eigenvalue weighted by Crippen LogP contribution is -2.13. The van der Waals surface area contributed by atoms with Gasteiger partial charge < -0.3 is 10.8 Å². The van der Waals surface area contributed by atoms with E-state index < -0.39 is 12.0 Å². The molecule has 0 radical (unpaired) electrons. The molecule has 16 heavy (non-hydrogen) atoms. The van der Waals surface area contributed by atoms with Gasteiger partial charge in [-0.15, -0.1) is 0 Å². The number of carbonyl (C=O) groups is 1. The number of hydrogen-bond donors (Lipinski definition) is 2. The average molecular weight is 246 g/mol. The van der Waals surface area contributed by atoms with Gasteiger partial charge in [-0.3, -0.25) is 4.79 Å². The minimum Gasteiger partial charge on any atom is -0.481 e. The topological polar surface area (TPSA) is 63.3 Å². The van der Waals surface area contributed by atoms with E-state index in [1.54, 1.807) is 13.0 Å². The molecule has 1 aromatic rings. The lowest BCUT2D eigenvalue weighted by molar-refractivity contribution is -0.137. The molecule has 0 saturated heterocycles. The van der Waals surface area contributed by atoms with E-state index in [-0.39, 0.29) is 23.7 Å². The molecule has 88 valence electrons. The number of carboxylic acid groups (broad SMARTS) is 1. The molecule has 3 N–H and O–H groups in total. The molecule has 0 amide bonds. The quantitative estimate of drug-likeness (QED) is 0.857. The number of carboxylic acids is 1. The summed E-state index contributed by atoms with van der Waals surface area (Å²) in [6.45, 7) is 1.61. The molecule has 0 spiro atoms. The Morgan fingerprint density at radius 2 is 2.25 bits per heavy atom. The van der Waals surface area contributed by atoms with Crippen LogP contribution < -0.4 is 5.73 Å². The van der Waals surface area contributed by atoms with Gasteiger partial charge in [0.1, 0.15) is 5.82 Å². The molecule has 0 heterocycles. The third-order valence-electron chi connectivity index (χ3n) is 2.35. The van der Waals surface area contributed by atoms with Crippen LogP contribution in [0, 0.1) is 12.7 Å². The highest BCUT2D eigenvalue weighted by Crippen LogP contribution is 2.27. The molecule has 1 unspecified atom stereocenters. The second kappa shape index (κ2) is 5.27. The number of aliphatic carboxylic acids is 1. The van der Waals surface area contributed by atoms with Crippen LogP contribution in [0.25, 0.3) is 0 Å². The number of aryl methyl sites for hydroxylation is 1. The largest absolute Gasteiger partial charge is 0.481 e. The van der Waals surface area contributed by atoms with E-state index in [4.69, 9.17) is 22.4 Å². The number of halogens is 2. The van der Waals surface area contributed by atoms with E-state index in [0.717, 1.165) is 0 Å². The highest BCUT2D eigenvalue weighted by atomic mass is 35.5. The van der Waals surface area contributed by atoms with Gasteiger partial charge in [0, 0.05) is 17.5 Å². The number of benzene rings is 1. The van der Waals surface area contributed by atoms with Crippen molar-refractivity contribution in [2.75, 3.05) is 0 Å². The van der Waals surface area contributed by atoms with Gasteiger partial charge in [-0.25, -0.2) is 4.39 Å². The van der Waals surface area contributed by atoms with Crippen LogP contribution in [0.15, 0.2) is 12.1 Å². The van der Waals surface area contributed by atoms with Crippen LogP contribution in [-0.2, 0) is 4.79 Å². The molecule has 1 rings (SSSR count). The van der Waals surface area contributed by atoms with E-state index in [1.807, 2.05) is 0 Å². The first kappa shape index (κ1) is 12.9. The minimum absolute atomic E-state index is 0.0338. The van der Waals surface area contributed by atoms with Gasteiger partial charge in [0.05, 0.1) is 0 Å². The summed E-state index contributed by atoms with van der Waals surface area (Å²) >= 11 is 5.84. The molecule has 1 aromatic carbocycles. The maximum Gasteiger partial charge on any atom is 0.303 e. The zero-order chi connectivity index (χ0) is 12.3. The van der Waals surface area contributed by atoms with Gasteiger partial charge in [-0.1, -0.05) is 17.7 Å². The van der Waals surface area contributed by atoms with Crippen molar-refractivity contribution in [1.82, 2.24) is 0 Å². The smallest absolute Gasteiger partial charge is 0.303 e. The number of rotatable bonds is 4. The van der Waals surface area contributed by atoms with E-state index in [1.165, 1.54) is 6.07 Å². The molecular weight excluding hydrogens is 233 g/mol. The maximum absolute atomic E-state index is 13.1. The Hall–Kier alpha value is -1.13. The summed E-state index contributed by atoms with van der Waals surface area (Å²) < 4.78 is 13.1. The Morgan fingerprint density at radius 1 is 1.62 bits per heavy atom. The third kappa shape index (κ3) is 3.18. The number of hydrogen-bond acceptors (Lipinski definition) is 2. The van der Waals surface area contributed by atoms with Gasteiger partial charge in [0.2, 0.25) is 0 Å². The number of nitrogens with two attached hydrogens (primary N) is 1. The lowest BCUT2D eigenvalue weighted by Gasteiger charge is -2.13. The molecule has 0 bridgehead atoms. The van der Waals surface area contributed by atoms with E-state index in [0.29, 0.717) is 11.1 Å². The monoisotopic (exact) mass is 245 g/mol. The van der Waals surface area contributed by atoms with Crippen LogP contribution in [0.2, 0.25) is 5.02 Å². The Bertz CT molecular complexity index is 409. The van der Waals surface area contributed by atoms with Crippen LogP contribution in [0.1, 0.15) is 30.0 Å². The van der Waals surface area contributed by atoms with Gasteiger partial charge in [0.15, 0.2) is 0 Å². The highest BCUT2D eigenvalue weighted by molar-refractivity contribution is 6.31. The zero-order valence-corrected chi connectivity index (χ0v) is 9.59. The fraction of sp³-hybridized carbons (Fsp3) is 0.364.